The van der Waals surface area contributed by atoms with Gasteiger partial charge in [-0.25, -0.2) is 4.79 Å². The smallest absolute Gasteiger partial charge is 0.338 e. The predicted octanol–water partition coefficient (Wildman–Crippen LogP) is 2.99. The number of ether oxygens (including phenoxy) is 1. The fraction of sp³-hybridized carbons (Fsp3) is 0.474. The van der Waals surface area contributed by atoms with Crippen LogP contribution in [0.15, 0.2) is 29.3 Å². The van der Waals surface area contributed by atoms with Crippen molar-refractivity contribution in [1.29, 1.82) is 5.26 Å². The van der Waals surface area contributed by atoms with Crippen LogP contribution in [0.5, 0.6) is 0 Å². The molecule has 1 atom stereocenters. The zero-order valence-electron chi connectivity index (χ0n) is 15.1. The molecule has 1 aliphatic carbocycles. The number of aliphatic imine (C=N–C) groups is 1. The second-order valence-corrected chi connectivity index (χ2v) is 8.96. The summed E-state index contributed by atoms with van der Waals surface area (Å²) in [4.78, 5) is 28.9. The Morgan fingerprint density at radius 2 is 2.22 bits per heavy atom. The molecule has 2 aliphatic rings. The number of nitriles is 1. The highest BCUT2D eigenvalue weighted by Crippen LogP contribution is 2.39. The molecule has 3 rings (SSSR count). The summed E-state index contributed by atoms with van der Waals surface area (Å²) in [7, 11) is 0. The van der Waals surface area contributed by atoms with Crippen LogP contribution in [0, 0.1) is 17.2 Å². The monoisotopic (exact) mass is 403 g/mol. The molecule has 0 bridgehead atoms. The Hall–Kier alpha value is -1.98. The summed E-state index contributed by atoms with van der Waals surface area (Å²) in [6.45, 7) is 2.15. The van der Waals surface area contributed by atoms with E-state index in [1.165, 1.54) is 0 Å². The Morgan fingerprint density at radius 1 is 1.44 bits per heavy atom. The van der Waals surface area contributed by atoms with Gasteiger partial charge in [0.25, 0.3) is 5.91 Å². The first-order valence-electron chi connectivity index (χ1n) is 8.79. The van der Waals surface area contributed by atoms with Gasteiger partial charge in [-0.3, -0.25) is 9.79 Å². The molecule has 1 fully saturated rings. The van der Waals surface area contributed by atoms with Gasteiger partial charge in [0.2, 0.25) is 0 Å². The van der Waals surface area contributed by atoms with E-state index in [-0.39, 0.29) is 5.92 Å². The van der Waals surface area contributed by atoms with Crippen LogP contribution in [0.3, 0.4) is 0 Å². The number of nitrogens with one attached hydrogen (secondary N) is 1. The molecule has 1 amide bonds. The predicted molar refractivity (Wildman–Crippen MR) is 108 cm³/mol. The van der Waals surface area contributed by atoms with Crippen LogP contribution in [-0.2, 0) is 15.3 Å². The van der Waals surface area contributed by atoms with Crippen LogP contribution in [-0.4, -0.2) is 40.7 Å². The lowest BCUT2D eigenvalue weighted by Crippen LogP contribution is -2.48. The third-order valence-corrected chi connectivity index (χ3v) is 6.81. The SMILES string of the molecule is C[C@](C#N)(NC(=O)COC(=O)c1ccccc1CSC1=NCCS1)C1CC1. The van der Waals surface area contributed by atoms with Crippen molar-refractivity contribution in [2.75, 3.05) is 18.9 Å². The summed E-state index contributed by atoms with van der Waals surface area (Å²) in [5.74, 6) is 0.813. The fourth-order valence-electron chi connectivity index (χ4n) is 2.80. The van der Waals surface area contributed by atoms with Gasteiger partial charge in [-0.15, -0.1) is 0 Å². The van der Waals surface area contributed by atoms with Crippen molar-refractivity contribution >= 4 is 39.8 Å². The molecule has 1 saturated carbocycles. The lowest BCUT2D eigenvalue weighted by Gasteiger charge is -2.22. The van der Waals surface area contributed by atoms with Crippen LogP contribution in [0.25, 0.3) is 0 Å². The molecule has 0 saturated heterocycles. The van der Waals surface area contributed by atoms with Crippen LogP contribution in [0.2, 0.25) is 0 Å². The van der Waals surface area contributed by atoms with E-state index in [1.54, 1.807) is 42.6 Å². The van der Waals surface area contributed by atoms with Crippen molar-refractivity contribution in [3.05, 3.63) is 35.4 Å². The minimum Gasteiger partial charge on any atom is -0.452 e. The van der Waals surface area contributed by atoms with E-state index >= 15 is 0 Å². The Balaban J connectivity index is 1.54. The second-order valence-electron chi connectivity index (χ2n) is 6.65. The molecule has 8 heteroatoms. The number of thioether (sulfide) groups is 2. The van der Waals surface area contributed by atoms with E-state index in [1.807, 2.05) is 12.1 Å². The Kier molecular flexibility index (Phi) is 6.45. The largest absolute Gasteiger partial charge is 0.452 e. The van der Waals surface area contributed by atoms with E-state index in [0.29, 0.717) is 11.3 Å². The lowest BCUT2D eigenvalue weighted by atomic mass is 9.98. The summed E-state index contributed by atoms with van der Waals surface area (Å²) in [6.07, 6.45) is 1.86. The summed E-state index contributed by atoms with van der Waals surface area (Å²) in [5.41, 5.74) is 0.409. The quantitative estimate of drug-likeness (QED) is 0.704. The molecule has 1 aromatic carbocycles. The Bertz CT molecular complexity index is 802. The topological polar surface area (TPSA) is 91.5 Å². The van der Waals surface area contributed by atoms with E-state index in [4.69, 9.17) is 4.74 Å². The van der Waals surface area contributed by atoms with Crippen molar-refractivity contribution in [3.63, 3.8) is 0 Å². The first-order valence-corrected chi connectivity index (χ1v) is 10.8. The van der Waals surface area contributed by atoms with Crippen LogP contribution < -0.4 is 5.32 Å². The van der Waals surface area contributed by atoms with E-state index in [2.05, 4.69) is 16.4 Å². The molecule has 1 aromatic rings. The minimum absolute atomic E-state index is 0.177. The Labute approximate surface area is 167 Å². The van der Waals surface area contributed by atoms with Crippen LogP contribution in [0.1, 0.15) is 35.7 Å². The van der Waals surface area contributed by atoms with Gasteiger partial charge in [-0.05, 0) is 37.3 Å². The molecule has 1 aliphatic heterocycles. The number of benzene rings is 1. The van der Waals surface area contributed by atoms with Gasteiger partial charge in [0.05, 0.1) is 18.2 Å². The highest BCUT2D eigenvalue weighted by molar-refractivity contribution is 8.38. The summed E-state index contributed by atoms with van der Waals surface area (Å²) in [5, 5.41) is 12.0. The summed E-state index contributed by atoms with van der Waals surface area (Å²) in [6, 6.07) is 9.37. The standard InChI is InChI=1S/C19H21N3O3S2/c1-19(12-20,14-6-7-14)22-16(23)10-25-17(24)15-5-3-2-4-13(15)11-27-18-21-8-9-26-18/h2-5,14H,6-11H2,1H3,(H,22,23)/t19-/m1/s1. The number of rotatable bonds is 7. The molecule has 0 spiro atoms. The zero-order chi connectivity index (χ0) is 19.3. The van der Waals surface area contributed by atoms with E-state index < -0.39 is 24.0 Å². The maximum Gasteiger partial charge on any atom is 0.338 e. The molecule has 0 aromatic heterocycles. The normalized spacial score (nSPS) is 18.1. The average molecular weight is 404 g/mol. The van der Waals surface area contributed by atoms with Gasteiger partial charge in [0.15, 0.2) is 6.61 Å². The van der Waals surface area contributed by atoms with Gasteiger partial charge in [-0.1, -0.05) is 41.7 Å². The lowest BCUT2D eigenvalue weighted by molar-refractivity contribution is -0.125. The van der Waals surface area contributed by atoms with Crippen molar-refractivity contribution in [1.82, 2.24) is 5.32 Å². The van der Waals surface area contributed by atoms with E-state index in [9.17, 15) is 14.9 Å². The number of nitrogens with zero attached hydrogens (tertiary/aromatic N) is 2. The van der Waals surface area contributed by atoms with E-state index in [0.717, 1.165) is 35.1 Å². The van der Waals surface area contributed by atoms with Crippen LogP contribution >= 0.6 is 23.5 Å². The molecular weight excluding hydrogens is 382 g/mol. The number of amides is 1. The van der Waals surface area contributed by atoms with Crippen molar-refractivity contribution in [2.24, 2.45) is 10.9 Å². The number of carbonyl (C=O) groups excluding carboxylic acids is 2. The highest BCUT2D eigenvalue weighted by atomic mass is 32.2. The molecule has 0 radical (unpaired) electrons. The molecule has 1 N–H and O–H groups in total. The molecule has 27 heavy (non-hydrogen) atoms. The highest BCUT2D eigenvalue weighted by Gasteiger charge is 2.43. The fourth-order valence-corrected chi connectivity index (χ4v) is 4.82. The average Bonchev–Trinajstić information content (AvgIpc) is 3.42. The number of hydrogen-bond donors (Lipinski definition) is 1. The van der Waals surface area contributed by atoms with Gasteiger partial charge < -0.3 is 10.1 Å². The number of esters is 1. The molecular formula is C19H21N3O3S2. The van der Waals surface area contributed by atoms with Gasteiger partial charge in [-0.2, -0.15) is 5.26 Å². The molecule has 6 nitrogen and oxygen atoms in total. The van der Waals surface area contributed by atoms with Crippen molar-refractivity contribution in [2.45, 2.75) is 31.1 Å². The second kappa shape index (κ2) is 8.81. The maximum absolute atomic E-state index is 12.4. The Morgan fingerprint density at radius 3 is 2.89 bits per heavy atom. The van der Waals surface area contributed by atoms with Crippen LogP contribution in [0.4, 0.5) is 0 Å². The molecule has 1 heterocycles. The first-order chi connectivity index (χ1) is 13.0. The van der Waals surface area contributed by atoms with Gasteiger partial charge in [0, 0.05) is 11.5 Å². The summed E-state index contributed by atoms with van der Waals surface area (Å²) < 4.78 is 6.22. The third kappa shape index (κ3) is 5.27. The minimum atomic E-state index is -0.891. The van der Waals surface area contributed by atoms with Gasteiger partial charge in [0.1, 0.15) is 9.91 Å². The summed E-state index contributed by atoms with van der Waals surface area (Å²) >= 11 is 3.33. The van der Waals surface area contributed by atoms with Gasteiger partial charge >= 0.3 is 5.97 Å². The third-order valence-electron chi connectivity index (χ3n) is 4.51. The van der Waals surface area contributed by atoms with Crippen molar-refractivity contribution in [3.8, 4) is 6.07 Å². The van der Waals surface area contributed by atoms with Crippen molar-refractivity contribution < 1.29 is 14.3 Å². The molecule has 142 valence electrons. The molecule has 0 unspecified atom stereocenters. The number of hydrogen-bond acceptors (Lipinski definition) is 7. The zero-order valence-corrected chi connectivity index (χ0v) is 16.7. The number of carbonyl (C=O) groups is 2. The maximum atomic E-state index is 12.4. The first kappa shape index (κ1) is 19.8.